The topological polar surface area (TPSA) is 61.7 Å². The van der Waals surface area contributed by atoms with Gasteiger partial charge in [-0.3, -0.25) is 4.79 Å². The Bertz CT molecular complexity index is 825. The largest absolute Gasteiger partial charge is 0.507 e. The van der Waals surface area contributed by atoms with Crippen molar-refractivity contribution in [3.63, 3.8) is 0 Å². The average Bonchev–Trinajstić information content (AvgIpc) is 3.17. The summed E-state index contributed by atoms with van der Waals surface area (Å²) >= 11 is 0. The summed E-state index contributed by atoms with van der Waals surface area (Å²) in [6.07, 6.45) is 8.69. The van der Waals surface area contributed by atoms with E-state index < -0.39 is 0 Å². The number of carbonyl (C=O) groups is 1. The molecule has 1 fully saturated rings. The molecule has 0 saturated heterocycles. The summed E-state index contributed by atoms with van der Waals surface area (Å²) in [5.74, 6) is 1.24. The number of fused-ring (bicyclic) bond motifs is 3. The van der Waals surface area contributed by atoms with Crippen LogP contribution in [0.25, 0.3) is 10.8 Å². The summed E-state index contributed by atoms with van der Waals surface area (Å²) < 4.78 is 0. The molecule has 2 N–H and O–H groups in total. The van der Waals surface area contributed by atoms with Gasteiger partial charge in [0.15, 0.2) is 0 Å². The molecule has 2 aromatic carbocycles. The van der Waals surface area contributed by atoms with Gasteiger partial charge in [-0.1, -0.05) is 36.4 Å². The second kappa shape index (κ2) is 5.54. The van der Waals surface area contributed by atoms with Gasteiger partial charge in [0, 0.05) is 12.1 Å². The highest BCUT2D eigenvalue weighted by molar-refractivity contribution is 6.01. The van der Waals surface area contributed by atoms with Crippen LogP contribution < -0.4 is 5.43 Å². The van der Waals surface area contributed by atoms with Crippen molar-refractivity contribution in [2.45, 2.75) is 12.8 Å². The number of hydrogen-bond acceptors (Lipinski definition) is 3. The number of nitrogens with zero attached hydrogens (tertiary/aromatic N) is 1. The van der Waals surface area contributed by atoms with E-state index >= 15 is 0 Å². The third kappa shape index (κ3) is 2.61. The fourth-order valence-corrected chi connectivity index (χ4v) is 3.66. The number of phenols is 1. The van der Waals surface area contributed by atoms with Crippen molar-refractivity contribution in [2.24, 2.45) is 22.9 Å². The summed E-state index contributed by atoms with van der Waals surface area (Å²) in [6.45, 7) is 0. The van der Waals surface area contributed by atoms with Gasteiger partial charge in [-0.25, -0.2) is 5.43 Å². The number of aromatic hydroxyl groups is 1. The maximum atomic E-state index is 12.2. The first-order valence-electron chi connectivity index (χ1n) is 7.94. The minimum atomic E-state index is -0.386. The number of allylic oxidation sites excluding steroid dienone is 2. The molecule has 0 spiro atoms. The monoisotopic (exact) mass is 306 g/mol. The number of amides is 1. The highest BCUT2D eigenvalue weighted by atomic mass is 16.3. The fraction of sp³-hybridized carbons (Fsp3) is 0.263. The number of hydrazone groups is 1. The van der Waals surface area contributed by atoms with Crippen molar-refractivity contribution in [1.82, 2.24) is 5.43 Å². The van der Waals surface area contributed by atoms with E-state index in [1.165, 1.54) is 6.42 Å². The third-order valence-corrected chi connectivity index (χ3v) is 4.87. The van der Waals surface area contributed by atoms with Crippen LogP contribution in [-0.2, 0) is 0 Å². The smallest absolute Gasteiger partial charge is 0.275 e. The second-order valence-corrected chi connectivity index (χ2v) is 6.38. The van der Waals surface area contributed by atoms with Crippen LogP contribution in [0.4, 0.5) is 0 Å². The third-order valence-electron chi connectivity index (χ3n) is 4.87. The highest BCUT2D eigenvalue weighted by Gasteiger charge is 2.34. The summed E-state index contributed by atoms with van der Waals surface area (Å²) in [5.41, 5.74) is 2.78. The molecule has 4 heteroatoms. The molecular weight excluding hydrogens is 288 g/mol. The molecule has 0 aliphatic heterocycles. The molecule has 3 atom stereocenters. The first-order valence-corrected chi connectivity index (χ1v) is 7.94. The van der Waals surface area contributed by atoms with Gasteiger partial charge in [0.05, 0.1) is 5.56 Å². The van der Waals surface area contributed by atoms with Gasteiger partial charge in [-0.05, 0) is 47.6 Å². The molecule has 2 aliphatic rings. The number of rotatable bonds is 3. The van der Waals surface area contributed by atoms with Crippen molar-refractivity contribution in [1.29, 1.82) is 0 Å². The van der Waals surface area contributed by atoms with E-state index in [1.807, 2.05) is 30.5 Å². The van der Waals surface area contributed by atoms with Gasteiger partial charge in [-0.2, -0.15) is 5.10 Å². The normalized spacial score (nSPS) is 25.5. The van der Waals surface area contributed by atoms with E-state index in [9.17, 15) is 9.90 Å². The fourth-order valence-electron chi connectivity index (χ4n) is 3.66. The van der Waals surface area contributed by atoms with Crippen molar-refractivity contribution >= 4 is 22.9 Å². The Labute approximate surface area is 134 Å². The van der Waals surface area contributed by atoms with Crippen LogP contribution in [0.3, 0.4) is 0 Å². The second-order valence-electron chi connectivity index (χ2n) is 6.38. The van der Waals surface area contributed by atoms with E-state index in [2.05, 4.69) is 22.7 Å². The Balaban J connectivity index is 1.48. The molecular formula is C19H18N2O2. The number of carbonyl (C=O) groups excluding carboxylic acids is 1. The zero-order valence-corrected chi connectivity index (χ0v) is 12.6. The quantitative estimate of drug-likeness (QED) is 0.518. The Morgan fingerprint density at radius 1 is 1.17 bits per heavy atom. The molecule has 23 heavy (non-hydrogen) atoms. The maximum Gasteiger partial charge on any atom is 0.275 e. The SMILES string of the molecule is O=C(NN=CC1CC2C=CC1C2)c1cc2ccccc2cc1O. The summed E-state index contributed by atoms with van der Waals surface area (Å²) in [5, 5.41) is 16.0. The van der Waals surface area contributed by atoms with Crippen molar-refractivity contribution in [3.05, 3.63) is 54.1 Å². The predicted molar refractivity (Wildman–Crippen MR) is 90.4 cm³/mol. The lowest BCUT2D eigenvalue weighted by Crippen LogP contribution is -2.19. The van der Waals surface area contributed by atoms with Gasteiger partial charge in [0.25, 0.3) is 5.91 Å². The van der Waals surface area contributed by atoms with Gasteiger partial charge < -0.3 is 5.11 Å². The Morgan fingerprint density at radius 3 is 2.65 bits per heavy atom. The molecule has 0 radical (unpaired) electrons. The maximum absolute atomic E-state index is 12.2. The lowest BCUT2D eigenvalue weighted by molar-refractivity contribution is 0.0952. The summed E-state index contributed by atoms with van der Waals surface area (Å²) in [4.78, 5) is 12.2. The molecule has 2 bridgehead atoms. The van der Waals surface area contributed by atoms with Crippen LogP contribution in [0, 0.1) is 17.8 Å². The number of phenolic OH excluding ortho intramolecular Hbond substituents is 1. The molecule has 0 heterocycles. The van der Waals surface area contributed by atoms with Crippen molar-refractivity contribution < 1.29 is 9.90 Å². The Hall–Kier alpha value is -2.62. The van der Waals surface area contributed by atoms with E-state index in [-0.39, 0.29) is 17.2 Å². The molecule has 116 valence electrons. The van der Waals surface area contributed by atoms with Gasteiger partial charge in [0.1, 0.15) is 5.75 Å². The van der Waals surface area contributed by atoms with E-state index in [1.54, 1.807) is 12.1 Å². The van der Waals surface area contributed by atoms with Gasteiger partial charge >= 0.3 is 0 Å². The molecule has 1 amide bonds. The zero-order valence-electron chi connectivity index (χ0n) is 12.6. The predicted octanol–water partition coefficient (Wildman–Crippen LogP) is 3.47. The van der Waals surface area contributed by atoms with Crippen LogP contribution in [0.15, 0.2) is 53.7 Å². The minimum absolute atomic E-state index is 0.0285. The van der Waals surface area contributed by atoms with Crippen LogP contribution in [-0.4, -0.2) is 17.2 Å². The van der Waals surface area contributed by atoms with Crippen molar-refractivity contribution in [2.75, 3.05) is 0 Å². The summed E-state index contributed by atoms with van der Waals surface area (Å²) in [6, 6.07) is 10.9. The highest BCUT2D eigenvalue weighted by Crippen LogP contribution is 2.42. The molecule has 0 aromatic heterocycles. The average molecular weight is 306 g/mol. The lowest BCUT2D eigenvalue weighted by Gasteiger charge is -2.12. The van der Waals surface area contributed by atoms with E-state index in [0.29, 0.717) is 17.8 Å². The molecule has 4 nitrogen and oxygen atoms in total. The van der Waals surface area contributed by atoms with E-state index in [0.717, 1.165) is 17.2 Å². The van der Waals surface area contributed by atoms with Crippen molar-refractivity contribution in [3.8, 4) is 5.75 Å². The van der Waals surface area contributed by atoms with Crippen LogP contribution in [0.5, 0.6) is 5.75 Å². The number of nitrogens with one attached hydrogen (secondary N) is 1. The molecule has 2 aromatic rings. The molecule has 4 rings (SSSR count). The first-order chi connectivity index (χ1) is 11.2. The molecule has 1 saturated carbocycles. The Kier molecular flexibility index (Phi) is 3.37. The minimum Gasteiger partial charge on any atom is -0.507 e. The number of benzene rings is 2. The molecule has 3 unspecified atom stereocenters. The summed E-state index contributed by atoms with van der Waals surface area (Å²) in [7, 11) is 0. The Morgan fingerprint density at radius 2 is 1.96 bits per heavy atom. The van der Waals surface area contributed by atoms with Crippen LogP contribution in [0.1, 0.15) is 23.2 Å². The van der Waals surface area contributed by atoms with Gasteiger partial charge in [-0.15, -0.1) is 0 Å². The lowest BCUT2D eigenvalue weighted by atomic mass is 9.95. The van der Waals surface area contributed by atoms with Gasteiger partial charge in [0.2, 0.25) is 0 Å². The van der Waals surface area contributed by atoms with Crippen LogP contribution in [0.2, 0.25) is 0 Å². The van der Waals surface area contributed by atoms with E-state index in [4.69, 9.17) is 0 Å². The zero-order chi connectivity index (χ0) is 15.8. The molecule has 2 aliphatic carbocycles. The standard InChI is InChI=1S/C19H18N2O2/c22-18-10-14-4-2-1-3-13(14)9-17(18)19(23)21-20-11-16-8-12-5-6-15(16)7-12/h1-6,9-12,15-16,22H,7-8H2,(H,21,23). The number of hydrogen-bond donors (Lipinski definition) is 2. The van der Waals surface area contributed by atoms with Crippen LogP contribution >= 0.6 is 0 Å². The first kappa shape index (κ1) is 14.0.